The number of amides is 2. The molecule has 8 nitrogen and oxygen atoms in total. The Balaban J connectivity index is 1.56. The highest BCUT2D eigenvalue weighted by Gasteiger charge is 2.27. The predicted octanol–water partition coefficient (Wildman–Crippen LogP) is 3.08. The number of carbonyl (C=O) groups is 2. The third kappa shape index (κ3) is 4.49. The van der Waals surface area contributed by atoms with Crippen LogP contribution in [0.25, 0.3) is 0 Å². The first-order chi connectivity index (χ1) is 15.3. The van der Waals surface area contributed by atoms with Crippen molar-refractivity contribution in [2.75, 3.05) is 23.9 Å². The topological polar surface area (TPSA) is 105 Å². The highest BCUT2D eigenvalue weighted by atomic mass is 32.2. The van der Waals surface area contributed by atoms with Gasteiger partial charge in [0.25, 0.3) is 5.91 Å². The molecule has 1 fully saturated rings. The molecule has 0 saturated heterocycles. The van der Waals surface area contributed by atoms with Crippen LogP contribution in [0.4, 0.5) is 11.4 Å². The van der Waals surface area contributed by atoms with Gasteiger partial charge in [-0.3, -0.25) is 9.59 Å². The van der Waals surface area contributed by atoms with Crippen molar-refractivity contribution in [3.8, 4) is 5.75 Å². The van der Waals surface area contributed by atoms with Crippen molar-refractivity contribution in [2.24, 2.45) is 0 Å². The molecule has 0 unspecified atom stereocenters. The van der Waals surface area contributed by atoms with Crippen LogP contribution in [-0.2, 0) is 21.2 Å². The summed E-state index contributed by atoms with van der Waals surface area (Å²) < 4.78 is 33.9. The number of carbonyl (C=O) groups excluding carboxylic acids is 2. The Labute approximate surface area is 188 Å². The van der Waals surface area contributed by atoms with Gasteiger partial charge >= 0.3 is 0 Å². The Kier molecular flexibility index (Phi) is 6.21. The minimum Gasteiger partial charge on any atom is -0.495 e. The van der Waals surface area contributed by atoms with Crippen LogP contribution in [0.3, 0.4) is 0 Å². The van der Waals surface area contributed by atoms with E-state index in [1.54, 1.807) is 11.0 Å². The van der Waals surface area contributed by atoms with E-state index in [0.717, 1.165) is 43.4 Å². The quantitative estimate of drug-likeness (QED) is 0.694. The van der Waals surface area contributed by atoms with E-state index in [-0.39, 0.29) is 28.2 Å². The summed E-state index contributed by atoms with van der Waals surface area (Å²) >= 11 is 0. The molecule has 2 aromatic rings. The number of benzene rings is 2. The summed E-state index contributed by atoms with van der Waals surface area (Å²) in [6, 6.07) is 9.67. The lowest BCUT2D eigenvalue weighted by molar-refractivity contribution is -0.116. The number of methoxy groups -OCH3 is 1. The molecule has 2 amide bonds. The number of nitrogens with zero attached hydrogens (tertiary/aromatic N) is 1. The van der Waals surface area contributed by atoms with Crippen LogP contribution in [0.5, 0.6) is 5.75 Å². The normalized spacial score (nSPS) is 16.1. The van der Waals surface area contributed by atoms with Crippen LogP contribution in [0, 0.1) is 0 Å². The Morgan fingerprint density at radius 1 is 1.09 bits per heavy atom. The van der Waals surface area contributed by atoms with Crippen LogP contribution in [-0.4, -0.2) is 39.9 Å². The van der Waals surface area contributed by atoms with Crippen molar-refractivity contribution < 1.29 is 22.7 Å². The second-order valence-corrected chi connectivity index (χ2v) is 9.87. The van der Waals surface area contributed by atoms with E-state index in [0.29, 0.717) is 12.2 Å². The Morgan fingerprint density at radius 2 is 1.84 bits per heavy atom. The summed E-state index contributed by atoms with van der Waals surface area (Å²) in [4.78, 5) is 26.3. The first kappa shape index (κ1) is 22.3. The van der Waals surface area contributed by atoms with Crippen molar-refractivity contribution >= 4 is 33.2 Å². The Morgan fingerprint density at radius 3 is 2.53 bits per heavy atom. The van der Waals surface area contributed by atoms with E-state index < -0.39 is 15.9 Å². The lowest BCUT2D eigenvalue weighted by Gasteiger charge is -2.16. The molecule has 4 rings (SSSR count). The van der Waals surface area contributed by atoms with Gasteiger partial charge < -0.3 is 15.0 Å². The maximum atomic E-state index is 13.0. The maximum absolute atomic E-state index is 13.0. The first-order valence-corrected chi connectivity index (χ1v) is 12.2. The van der Waals surface area contributed by atoms with Crippen LogP contribution in [0.2, 0.25) is 0 Å². The van der Waals surface area contributed by atoms with Gasteiger partial charge in [0.1, 0.15) is 10.6 Å². The van der Waals surface area contributed by atoms with Crippen LogP contribution >= 0.6 is 0 Å². The van der Waals surface area contributed by atoms with E-state index in [4.69, 9.17) is 4.74 Å². The molecule has 0 bridgehead atoms. The highest BCUT2D eigenvalue weighted by molar-refractivity contribution is 7.89. The van der Waals surface area contributed by atoms with Gasteiger partial charge in [-0.05, 0) is 61.2 Å². The molecule has 0 spiro atoms. The zero-order chi connectivity index (χ0) is 22.9. The van der Waals surface area contributed by atoms with Crippen LogP contribution < -0.4 is 19.7 Å². The molecule has 170 valence electrons. The number of hydrogen-bond acceptors (Lipinski definition) is 5. The minimum atomic E-state index is -3.83. The van der Waals surface area contributed by atoms with Gasteiger partial charge in [0.05, 0.1) is 7.11 Å². The number of anilines is 2. The molecule has 32 heavy (non-hydrogen) atoms. The van der Waals surface area contributed by atoms with Gasteiger partial charge in [0, 0.05) is 36.4 Å². The smallest absolute Gasteiger partial charge is 0.255 e. The molecular formula is C23H27N3O5S. The molecule has 1 saturated carbocycles. The molecule has 1 aliphatic carbocycles. The van der Waals surface area contributed by atoms with Gasteiger partial charge in [0.2, 0.25) is 15.9 Å². The molecule has 0 aromatic heterocycles. The number of nitrogens with one attached hydrogen (secondary N) is 2. The SMILES string of the molecule is COc1ccc(C(=O)Nc2ccc3c(c2)CCN3C(C)=O)cc1S(=O)(=O)NC1CCCC1. The lowest BCUT2D eigenvalue weighted by Crippen LogP contribution is -2.33. The fourth-order valence-electron chi connectivity index (χ4n) is 4.36. The molecule has 1 heterocycles. The number of rotatable bonds is 6. The van der Waals surface area contributed by atoms with E-state index in [1.807, 2.05) is 12.1 Å². The fourth-order valence-corrected chi connectivity index (χ4v) is 5.86. The van der Waals surface area contributed by atoms with Crippen molar-refractivity contribution in [3.63, 3.8) is 0 Å². The lowest BCUT2D eigenvalue weighted by atomic mass is 10.1. The Hall–Kier alpha value is -2.91. The van der Waals surface area contributed by atoms with Gasteiger partial charge in [0.15, 0.2) is 0 Å². The largest absolute Gasteiger partial charge is 0.495 e. The molecular weight excluding hydrogens is 430 g/mol. The molecule has 2 N–H and O–H groups in total. The van der Waals surface area contributed by atoms with E-state index in [2.05, 4.69) is 10.0 Å². The summed E-state index contributed by atoms with van der Waals surface area (Å²) in [5, 5.41) is 2.82. The van der Waals surface area contributed by atoms with E-state index in [9.17, 15) is 18.0 Å². The summed E-state index contributed by atoms with van der Waals surface area (Å²) in [7, 11) is -2.43. The average Bonchev–Trinajstić information content (AvgIpc) is 3.42. The fraction of sp³-hybridized carbons (Fsp3) is 0.391. The molecule has 0 atom stereocenters. The second kappa shape index (κ2) is 8.91. The molecule has 2 aromatic carbocycles. The third-order valence-corrected chi connectivity index (χ3v) is 7.55. The third-order valence-electron chi connectivity index (χ3n) is 6.01. The molecule has 2 aliphatic rings. The molecule has 1 aliphatic heterocycles. The summed E-state index contributed by atoms with van der Waals surface area (Å²) in [6.45, 7) is 2.15. The van der Waals surface area contributed by atoms with Crippen molar-refractivity contribution in [1.29, 1.82) is 0 Å². The van der Waals surface area contributed by atoms with Crippen molar-refractivity contribution in [3.05, 3.63) is 47.5 Å². The summed E-state index contributed by atoms with van der Waals surface area (Å²) in [5.74, 6) is -0.251. The standard InChI is InChI=1S/C23H27N3O5S/c1-15(27)26-12-11-16-13-19(8-9-20(16)26)24-23(28)17-7-10-21(31-2)22(14-17)32(29,30)25-18-5-3-4-6-18/h7-10,13-14,18,25H,3-6,11-12H2,1-2H3,(H,24,28). The van der Waals surface area contributed by atoms with Crippen molar-refractivity contribution in [2.45, 2.75) is 50.0 Å². The van der Waals surface area contributed by atoms with E-state index >= 15 is 0 Å². The van der Waals surface area contributed by atoms with Gasteiger partial charge in [-0.25, -0.2) is 13.1 Å². The number of fused-ring (bicyclic) bond motifs is 1. The zero-order valence-electron chi connectivity index (χ0n) is 18.2. The summed E-state index contributed by atoms with van der Waals surface area (Å²) in [6.07, 6.45) is 4.33. The average molecular weight is 458 g/mol. The number of hydrogen-bond donors (Lipinski definition) is 2. The second-order valence-electron chi connectivity index (χ2n) is 8.19. The predicted molar refractivity (Wildman–Crippen MR) is 122 cm³/mol. The number of ether oxygens (including phenoxy) is 1. The summed E-state index contributed by atoms with van der Waals surface area (Å²) in [5.41, 5.74) is 2.63. The van der Waals surface area contributed by atoms with Gasteiger partial charge in [-0.15, -0.1) is 0 Å². The molecule has 0 radical (unpaired) electrons. The number of sulfonamides is 1. The van der Waals surface area contributed by atoms with Gasteiger partial charge in [-0.2, -0.15) is 0 Å². The minimum absolute atomic E-state index is 0.0151. The van der Waals surface area contributed by atoms with Crippen molar-refractivity contribution in [1.82, 2.24) is 4.72 Å². The van der Waals surface area contributed by atoms with Crippen LogP contribution in [0.1, 0.15) is 48.5 Å². The monoisotopic (exact) mass is 457 g/mol. The maximum Gasteiger partial charge on any atom is 0.255 e. The zero-order valence-corrected chi connectivity index (χ0v) is 19.0. The molecule has 9 heteroatoms. The van der Waals surface area contributed by atoms with E-state index in [1.165, 1.54) is 32.2 Å². The van der Waals surface area contributed by atoms with Gasteiger partial charge in [-0.1, -0.05) is 12.8 Å². The Bertz CT molecular complexity index is 1160. The van der Waals surface area contributed by atoms with Crippen LogP contribution in [0.15, 0.2) is 41.3 Å². The highest BCUT2D eigenvalue weighted by Crippen LogP contribution is 2.31. The first-order valence-electron chi connectivity index (χ1n) is 10.7.